The highest BCUT2D eigenvalue weighted by Crippen LogP contribution is 2.47. The monoisotopic (exact) mass is 497 g/mol. The Morgan fingerprint density at radius 3 is 2.29 bits per heavy atom. The van der Waals surface area contributed by atoms with Gasteiger partial charge in [-0.1, -0.05) is 69.3 Å². The molecule has 3 atom stereocenters. The topological polar surface area (TPSA) is 55.8 Å². The number of ether oxygens (including phenoxy) is 1. The van der Waals surface area contributed by atoms with Crippen LogP contribution in [-0.4, -0.2) is 55.0 Å². The number of Topliss-reactive ketones (excluding diaryl/α,β-unsaturated/α-hetero) is 1. The number of carbonyl (C=O) groups is 2. The molecule has 2 aromatic rings. The van der Waals surface area contributed by atoms with Gasteiger partial charge in [-0.2, -0.15) is 0 Å². The van der Waals surface area contributed by atoms with Crippen LogP contribution in [0.2, 0.25) is 18.1 Å². The lowest BCUT2D eigenvalue weighted by Gasteiger charge is -2.37. The predicted octanol–water partition coefficient (Wildman–Crippen LogP) is 5.31. The molecule has 2 heterocycles. The van der Waals surface area contributed by atoms with Gasteiger partial charge in [0.1, 0.15) is 0 Å². The van der Waals surface area contributed by atoms with Gasteiger partial charge in [0.15, 0.2) is 14.1 Å². The number of ketones is 1. The lowest BCUT2D eigenvalue weighted by molar-refractivity contribution is -0.154. The van der Waals surface area contributed by atoms with Crippen LogP contribution in [0.5, 0.6) is 0 Å². The highest BCUT2D eigenvalue weighted by Gasteiger charge is 2.64. The number of likely N-dealkylation sites (tertiary alicyclic amines) is 1. The fourth-order valence-electron chi connectivity index (χ4n) is 4.29. The molecule has 2 aliphatic rings. The maximum atomic E-state index is 13.8. The molecule has 182 valence electrons. The molecule has 4 rings (SSSR count). The molecule has 0 aliphatic carbocycles. The van der Waals surface area contributed by atoms with E-state index < -0.39 is 13.9 Å². The van der Waals surface area contributed by atoms with Crippen LogP contribution in [0.3, 0.4) is 0 Å². The molecule has 2 aromatic carbocycles. The Bertz CT molecular complexity index is 1020. The largest absolute Gasteiger partial charge is 0.414 e. The van der Waals surface area contributed by atoms with Crippen molar-refractivity contribution in [3.05, 3.63) is 66.2 Å². The fourth-order valence-corrected chi connectivity index (χ4v) is 6.73. The lowest BCUT2D eigenvalue weighted by Crippen LogP contribution is -2.50. The second-order valence-electron chi connectivity index (χ2n) is 10.8. The van der Waals surface area contributed by atoms with Crippen molar-refractivity contribution in [2.24, 2.45) is 0 Å². The molecular weight excluding hydrogens is 462 g/mol. The van der Waals surface area contributed by atoms with Crippen molar-refractivity contribution in [2.75, 3.05) is 13.2 Å². The zero-order valence-corrected chi connectivity index (χ0v) is 22.6. The van der Waals surface area contributed by atoms with Crippen LogP contribution in [0.15, 0.2) is 65.6 Å². The third-order valence-electron chi connectivity index (χ3n) is 7.31. The van der Waals surface area contributed by atoms with Crippen molar-refractivity contribution in [1.29, 1.82) is 0 Å². The summed E-state index contributed by atoms with van der Waals surface area (Å²) in [6, 6.07) is 19.7. The van der Waals surface area contributed by atoms with E-state index in [1.165, 1.54) is 0 Å². The lowest BCUT2D eigenvalue weighted by atomic mass is 9.96. The van der Waals surface area contributed by atoms with E-state index in [1.54, 1.807) is 16.7 Å². The van der Waals surface area contributed by atoms with Crippen molar-refractivity contribution in [2.45, 2.75) is 73.7 Å². The fraction of sp³-hybridized carbons (Fsp3) is 0.481. The predicted molar refractivity (Wildman–Crippen MR) is 138 cm³/mol. The molecule has 1 spiro atoms. The molecule has 0 saturated carbocycles. The minimum absolute atomic E-state index is 0.0764. The van der Waals surface area contributed by atoms with E-state index in [9.17, 15) is 9.59 Å². The van der Waals surface area contributed by atoms with Gasteiger partial charge < -0.3 is 14.1 Å². The number of amides is 1. The smallest absolute Gasteiger partial charge is 0.264 e. The molecule has 0 aromatic heterocycles. The Kier molecular flexibility index (Phi) is 7.11. The van der Waals surface area contributed by atoms with Gasteiger partial charge in [-0.15, -0.1) is 11.8 Å². The second-order valence-corrected chi connectivity index (χ2v) is 16.9. The molecule has 2 fully saturated rings. The maximum absolute atomic E-state index is 13.8. The van der Waals surface area contributed by atoms with Gasteiger partial charge in [-0.25, -0.2) is 0 Å². The third-order valence-corrected chi connectivity index (χ3v) is 13.2. The Balaban J connectivity index is 1.58. The average Bonchev–Trinajstić information content (AvgIpc) is 3.27. The first-order chi connectivity index (χ1) is 16.0. The van der Waals surface area contributed by atoms with Crippen molar-refractivity contribution >= 4 is 31.8 Å². The standard InChI is InChI=1S/C27H35NO4SSi/c1-26(2,3)34(4,5)31-19-21-16-24(33-22-14-10-7-11-15-22)27(32-21)23(29)18-28(25(27)30)17-20-12-8-6-9-13-20/h6-15,21,24H,16-19H2,1-5H3/t21-,24?,27?/m0/s1. The third kappa shape index (κ3) is 4.89. The van der Waals surface area contributed by atoms with Crippen LogP contribution >= 0.6 is 11.8 Å². The van der Waals surface area contributed by atoms with Crippen LogP contribution in [0.25, 0.3) is 0 Å². The normalized spacial score (nSPS) is 25.5. The Labute approximate surface area is 208 Å². The zero-order valence-electron chi connectivity index (χ0n) is 20.7. The van der Waals surface area contributed by atoms with Crippen molar-refractivity contribution < 1.29 is 18.8 Å². The Morgan fingerprint density at radius 2 is 1.68 bits per heavy atom. The summed E-state index contributed by atoms with van der Waals surface area (Å²) in [6.07, 6.45) is 0.310. The van der Waals surface area contributed by atoms with Crippen LogP contribution in [-0.2, 0) is 25.3 Å². The average molecular weight is 498 g/mol. The van der Waals surface area contributed by atoms with E-state index in [0.29, 0.717) is 19.6 Å². The second kappa shape index (κ2) is 9.61. The number of thioether (sulfide) groups is 1. The van der Waals surface area contributed by atoms with E-state index >= 15 is 0 Å². The maximum Gasteiger partial charge on any atom is 0.264 e. The summed E-state index contributed by atoms with van der Waals surface area (Å²) in [5, 5.41) is -0.212. The van der Waals surface area contributed by atoms with Crippen LogP contribution in [0.1, 0.15) is 32.8 Å². The van der Waals surface area contributed by atoms with E-state index in [-0.39, 0.29) is 34.6 Å². The summed E-state index contributed by atoms with van der Waals surface area (Å²) in [7, 11) is -1.99. The van der Waals surface area contributed by atoms with Crippen LogP contribution in [0.4, 0.5) is 0 Å². The SMILES string of the molecule is CC(C)(C)[Si](C)(C)OC[C@@H]1CC(Sc2ccccc2)C2(O1)C(=O)CN(Cc1ccccc1)C2=O. The molecule has 2 saturated heterocycles. The number of carbonyl (C=O) groups excluding carboxylic acids is 2. The zero-order chi connectivity index (χ0) is 24.6. The van der Waals surface area contributed by atoms with Gasteiger partial charge in [0, 0.05) is 11.4 Å². The Morgan fingerprint density at radius 1 is 1.06 bits per heavy atom. The minimum atomic E-state index is -1.99. The van der Waals surface area contributed by atoms with E-state index in [0.717, 1.165) is 10.5 Å². The minimum Gasteiger partial charge on any atom is -0.414 e. The number of benzene rings is 2. The summed E-state index contributed by atoms with van der Waals surface area (Å²) in [5.74, 6) is -0.360. The summed E-state index contributed by atoms with van der Waals surface area (Å²) in [5.41, 5.74) is -0.444. The van der Waals surface area contributed by atoms with Crippen molar-refractivity contribution in [1.82, 2.24) is 4.90 Å². The number of hydrogen-bond donors (Lipinski definition) is 0. The van der Waals surface area contributed by atoms with Crippen molar-refractivity contribution in [3.8, 4) is 0 Å². The molecule has 0 N–H and O–H groups in total. The Hall–Kier alpha value is -1.93. The molecule has 5 nitrogen and oxygen atoms in total. The van der Waals surface area contributed by atoms with E-state index in [1.807, 2.05) is 60.7 Å². The summed E-state index contributed by atoms with van der Waals surface area (Å²) < 4.78 is 12.9. The summed E-state index contributed by atoms with van der Waals surface area (Å²) in [6.45, 7) is 11.9. The van der Waals surface area contributed by atoms with Crippen LogP contribution < -0.4 is 0 Å². The highest BCUT2D eigenvalue weighted by atomic mass is 32.2. The van der Waals surface area contributed by atoms with E-state index in [4.69, 9.17) is 9.16 Å². The summed E-state index contributed by atoms with van der Waals surface area (Å²) >= 11 is 1.57. The summed E-state index contributed by atoms with van der Waals surface area (Å²) in [4.78, 5) is 29.9. The van der Waals surface area contributed by atoms with Gasteiger partial charge in [0.25, 0.3) is 5.91 Å². The van der Waals surface area contributed by atoms with E-state index in [2.05, 4.69) is 33.9 Å². The first kappa shape index (κ1) is 25.2. The molecule has 0 radical (unpaired) electrons. The first-order valence-electron chi connectivity index (χ1n) is 11.9. The molecular formula is C27H35NO4SSi. The van der Waals surface area contributed by atoms with Crippen molar-refractivity contribution in [3.63, 3.8) is 0 Å². The van der Waals surface area contributed by atoms with Gasteiger partial charge in [-0.3, -0.25) is 9.59 Å². The highest BCUT2D eigenvalue weighted by molar-refractivity contribution is 8.00. The van der Waals surface area contributed by atoms with Gasteiger partial charge in [0.05, 0.1) is 24.5 Å². The first-order valence-corrected chi connectivity index (χ1v) is 15.7. The quantitative estimate of drug-likeness (QED) is 0.383. The molecule has 2 unspecified atom stereocenters. The number of nitrogens with zero attached hydrogens (tertiary/aromatic N) is 1. The van der Waals surface area contributed by atoms with Gasteiger partial charge >= 0.3 is 0 Å². The number of rotatable bonds is 7. The molecule has 0 bridgehead atoms. The molecule has 34 heavy (non-hydrogen) atoms. The molecule has 7 heteroatoms. The number of hydrogen-bond acceptors (Lipinski definition) is 5. The molecule has 2 aliphatic heterocycles. The van der Waals surface area contributed by atoms with Crippen LogP contribution in [0, 0.1) is 0 Å². The van der Waals surface area contributed by atoms with Gasteiger partial charge in [0.2, 0.25) is 5.60 Å². The molecule has 1 amide bonds. The van der Waals surface area contributed by atoms with Gasteiger partial charge in [-0.05, 0) is 42.2 Å².